The Bertz CT molecular complexity index is 333. The summed E-state index contributed by atoms with van der Waals surface area (Å²) in [5.74, 6) is -0.250. The van der Waals surface area contributed by atoms with Gasteiger partial charge in [-0.1, -0.05) is 0 Å². The maximum absolute atomic E-state index is 11.8. The first-order chi connectivity index (χ1) is 7.40. The molecule has 0 aliphatic carbocycles. The van der Waals surface area contributed by atoms with E-state index >= 15 is 0 Å². The Morgan fingerprint density at radius 3 is 2.75 bits per heavy atom. The highest BCUT2D eigenvalue weighted by Crippen LogP contribution is 2.16. The van der Waals surface area contributed by atoms with E-state index in [4.69, 9.17) is 10.5 Å². The molecule has 2 unspecified atom stereocenters. The molecule has 94 valence electrons. The fraction of sp³-hybridized carbons (Fsp3) is 0.900. The molecular weight excluding hydrogens is 230 g/mol. The second-order valence-corrected chi connectivity index (χ2v) is 6.60. The van der Waals surface area contributed by atoms with Crippen LogP contribution in [-0.4, -0.2) is 45.5 Å². The Morgan fingerprint density at radius 1 is 1.56 bits per heavy atom. The minimum atomic E-state index is -3.05. The van der Waals surface area contributed by atoms with Gasteiger partial charge in [0.25, 0.3) is 0 Å². The zero-order chi connectivity index (χ0) is 12.2. The molecular formula is C10H19NO4S. The fourth-order valence-electron chi connectivity index (χ4n) is 1.75. The number of hydrogen-bond acceptors (Lipinski definition) is 5. The highest BCUT2D eigenvalue weighted by molar-refractivity contribution is 7.90. The van der Waals surface area contributed by atoms with Gasteiger partial charge in [0.05, 0.1) is 18.4 Å². The molecule has 16 heavy (non-hydrogen) atoms. The van der Waals surface area contributed by atoms with Gasteiger partial charge in [0.15, 0.2) is 5.78 Å². The highest BCUT2D eigenvalue weighted by Gasteiger charge is 2.26. The summed E-state index contributed by atoms with van der Waals surface area (Å²) in [6.07, 6.45) is 3.02. The Balaban J connectivity index is 2.40. The van der Waals surface area contributed by atoms with Crippen LogP contribution in [0.1, 0.15) is 19.3 Å². The third kappa shape index (κ3) is 4.59. The zero-order valence-electron chi connectivity index (χ0n) is 9.52. The number of ketones is 1. The minimum Gasteiger partial charge on any atom is -0.381 e. The predicted molar refractivity (Wildman–Crippen MR) is 60.9 cm³/mol. The van der Waals surface area contributed by atoms with Crippen molar-refractivity contribution in [2.75, 3.05) is 25.2 Å². The summed E-state index contributed by atoms with van der Waals surface area (Å²) in [5, 5.41) is 0. The van der Waals surface area contributed by atoms with Crippen molar-refractivity contribution in [1.82, 2.24) is 0 Å². The first-order valence-corrected chi connectivity index (χ1v) is 7.51. The van der Waals surface area contributed by atoms with Crippen LogP contribution in [0.3, 0.4) is 0 Å². The summed E-state index contributed by atoms with van der Waals surface area (Å²) in [4.78, 5) is 11.8. The molecule has 2 atom stereocenters. The van der Waals surface area contributed by atoms with Crippen molar-refractivity contribution in [1.29, 1.82) is 0 Å². The monoisotopic (exact) mass is 249 g/mol. The van der Waals surface area contributed by atoms with E-state index in [1.54, 1.807) is 0 Å². The lowest BCUT2D eigenvalue weighted by Crippen LogP contribution is -2.40. The SMILES string of the molecule is CS(=O)(=O)CCC(N)C(=O)C1CCCOC1. The largest absolute Gasteiger partial charge is 0.381 e. The number of nitrogens with two attached hydrogens (primary N) is 1. The average molecular weight is 249 g/mol. The lowest BCUT2D eigenvalue weighted by molar-refractivity contribution is -0.128. The van der Waals surface area contributed by atoms with E-state index in [2.05, 4.69) is 0 Å². The molecule has 0 spiro atoms. The van der Waals surface area contributed by atoms with Gasteiger partial charge in [-0.15, -0.1) is 0 Å². The number of carbonyl (C=O) groups excluding carboxylic acids is 1. The number of ether oxygens (including phenoxy) is 1. The standard InChI is InChI=1S/C10H19NO4S/c1-16(13,14)6-4-9(11)10(12)8-3-2-5-15-7-8/h8-9H,2-7,11H2,1H3. The Hall–Kier alpha value is -0.460. The molecule has 0 bridgehead atoms. The van der Waals surface area contributed by atoms with Crippen molar-refractivity contribution in [2.24, 2.45) is 11.7 Å². The van der Waals surface area contributed by atoms with E-state index in [-0.39, 0.29) is 23.9 Å². The van der Waals surface area contributed by atoms with Gasteiger partial charge in [0.2, 0.25) is 0 Å². The molecule has 1 heterocycles. The van der Waals surface area contributed by atoms with Crippen molar-refractivity contribution in [3.8, 4) is 0 Å². The Labute approximate surface area is 96.3 Å². The van der Waals surface area contributed by atoms with Gasteiger partial charge in [-0.05, 0) is 19.3 Å². The Kier molecular flexibility index (Phi) is 4.89. The van der Waals surface area contributed by atoms with Gasteiger partial charge in [-0.2, -0.15) is 0 Å². The molecule has 0 aromatic heterocycles. The second kappa shape index (κ2) is 5.75. The molecule has 0 aromatic carbocycles. The van der Waals surface area contributed by atoms with Crippen LogP contribution in [0, 0.1) is 5.92 Å². The summed E-state index contributed by atoms with van der Waals surface area (Å²) < 4.78 is 27.1. The third-order valence-corrected chi connectivity index (χ3v) is 3.71. The molecule has 2 N–H and O–H groups in total. The third-order valence-electron chi connectivity index (χ3n) is 2.73. The van der Waals surface area contributed by atoms with Crippen molar-refractivity contribution >= 4 is 15.6 Å². The first-order valence-electron chi connectivity index (χ1n) is 5.45. The summed E-state index contributed by atoms with van der Waals surface area (Å²) in [6.45, 7) is 1.12. The van der Waals surface area contributed by atoms with E-state index in [1.807, 2.05) is 0 Å². The number of carbonyl (C=O) groups is 1. The van der Waals surface area contributed by atoms with Crippen LogP contribution in [0.15, 0.2) is 0 Å². The number of hydrogen-bond donors (Lipinski definition) is 1. The van der Waals surface area contributed by atoms with Crippen LogP contribution in [-0.2, 0) is 19.4 Å². The maximum atomic E-state index is 11.8. The fourth-order valence-corrected chi connectivity index (χ4v) is 2.43. The number of sulfone groups is 1. The number of rotatable bonds is 5. The van der Waals surface area contributed by atoms with Crippen LogP contribution in [0.4, 0.5) is 0 Å². The number of Topliss-reactive ketones (excluding diaryl/α,β-unsaturated/α-hetero) is 1. The van der Waals surface area contributed by atoms with Gasteiger partial charge in [-0.25, -0.2) is 8.42 Å². The van der Waals surface area contributed by atoms with Crippen LogP contribution in [0.2, 0.25) is 0 Å². The lowest BCUT2D eigenvalue weighted by Gasteiger charge is -2.23. The Morgan fingerprint density at radius 2 is 2.25 bits per heavy atom. The van der Waals surface area contributed by atoms with Gasteiger partial charge in [0, 0.05) is 18.8 Å². The molecule has 6 heteroatoms. The van der Waals surface area contributed by atoms with Gasteiger partial charge < -0.3 is 10.5 Å². The van der Waals surface area contributed by atoms with E-state index in [0.717, 1.165) is 19.1 Å². The summed E-state index contributed by atoms with van der Waals surface area (Å²) in [5.41, 5.74) is 5.69. The molecule has 1 rings (SSSR count). The van der Waals surface area contributed by atoms with E-state index in [9.17, 15) is 13.2 Å². The van der Waals surface area contributed by atoms with Gasteiger partial charge in [0.1, 0.15) is 9.84 Å². The molecule has 0 saturated carbocycles. The molecule has 1 aliphatic heterocycles. The lowest BCUT2D eigenvalue weighted by atomic mass is 9.92. The molecule has 1 aliphatic rings. The first kappa shape index (κ1) is 13.6. The van der Waals surface area contributed by atoms with E-state index < -0.39 is 15.9 Å². The maximum Gasteiger partial charge on any atom is 0.154 e. The summed E-state index contributed by atoms with van der Waals surface area (Å²) in [6, 6.07) is -0.679. The van der Waals surface area contributed by atoms with Crippen molar-refractivity contribution < 1.29 is 17.9 Å². The summed E-state index contributed by atoms with van der Waals surface area (Å²) >= 11 is 0. The molecule has 5 nitrogen and oxygen atoms in total. The smallest absolute Gasteiger partial charge is 0.154 e. The zero-order valence-corrected chi connectivity index (χ0v) is 10.3. The van der Waals surface area contributed by atoms with Crippen molar-refractivity contribution in [3.63, 3.8) is 0 Å². The molecule has 1 fully saturated rings. The normalized spacial score (nSPS) is 24.0. The predicted octanol–water partition coefficient (Wildman–Crippen LogP) is -0.256. The van der Waals surface area contributed by atoms with Crippen LogP contribution in [0.25, 0.3) is 0 Å². The molecule has 0 aromatic rings. The second-order valence-electron chi connectivity index (χ2n) is 4.34. The van der Waals surface area contributed by atoms with Crippen molar-refractivity contribution in [3.05, 3.63) is 0 Å². The van der Waals surface area contributed by atoms with Crippen LogP contribution in [0.5, 0.6) is 0 Å². The average Bonchev–Trinajstić information content (AvgIpc) is 2.25. The van der Waals surface area contributed by atoms with Crippen LogP contribution >= 0.6 is 0 Å². The van der Waals surface area contributed by atoms with Crippen molar-refractivity contribution in [2.45, 2.75) is 25.3 Å². The molecule has 1 saturated heterocycles. The molecule has 0 amide bonds. The molecule has 0 radical (unpaired) electrons. The van der Waals surface area contributed by atoms with Gasteiger partial charge >= 0.3 is 0 Å². The van der Waals surface area contributed by atoms with E-state index in [0.29, 0.717) is 13.2 Å². The minimum absolute atomic E-state index is 0.0342. The topological polar surface area (TPSA) is 86.5 Å². The van der Waals surface area contributed by atoms with Crippen LogP contribution < -0.4 is 5.73 Å². The summed E-state index contributed by atoms with van der Waals surface area (Å²) in [7, 11) is -3.05. The quantitative estimate of drug-likeness (QED) is 0.725. The van der Waals surface area contributed by atoms with Gasteiger partial charge in [-0.3, -0.25) is 4.79 Å². The highest BCUT2D eigenvalue weighted by atomic mass is 32.2. The van der Waals surface area contributed by atoms with E-state index in [1.165, 1.54) is 0 Å².